The van der Waals surface area contributed by atoms with Crippen molar-refractivity contribution >= 4 is 17.7 Å². The smallest absolute Gasteiger partial charge is 0.337 e. The van der Waals surface area contributed by atoms with Crippen LogP contribution in [0.15, 0.2) is 18.2 Å². The van der Waals surface area contributed by atoms with Crippen molar-refractivity contribution in [3.63, 3.8) is 0 Å². The topological polar surface area (TPSA) is 89.9 Å². The number of amides is 2. The van der Waals surface area contributed by atoms with Crippen molar-refractivity contribution in [1.82, 2.24) is 4.90 Å². The number of anilines is 1. The van der Waals surface area contributed by atoms with Gasteiger partial charge in [-0.1, -0.05) is 0 Å². The van der Waals surface area contributed by atoms with E-state index in [1.165, 1.54) is 18.0 Å². The van der Waals surface area contributed by atoms with Crippen molar-refractivity contribution in [2.75, 3.05) is 19.0 Å². The molecular formula is C13H17FN2O4. The fourth-order valence-electron chi connectivity index (χ4n) is 1.38. The monoisotopic (exact) mass is 284 g/mol. The van der Waals surface area contributed by atoms with Crippen LogP contribution in [0.25, 0.3) is 0 Å². The number of halogens is 1. The molecule has 1 aromatic rings. The lowest BCUT2D eigenvalue weighted by molar-refractivity contribution is 0.0697. The predicted molar refractivity (Wildman–Crippen MR) is 71.3 cm³/mol. The van der Waals surface area contributed by atoms with Crippen LogP contribution in [0.1, 0.15) is 24.2 Å². The first-order valence-corrected chi connectivity index (χ1v) is 5.87. The maximum Gasteiger partial charge on any atom is 0.337 e. The number of carboxylic acids is 1. The first-order valence-electron chi connectivity index (χ1n) is 5.87. The van der Waals surface area contributed by atoms with E-state index >= 15 is 0 Å². The summed E-state index contributed by atoms with van der Waals surface area (Å²) in [6.45, 7) is 3.04. The maximum absolute atomic E-state index is 13.0. The minimum Gasteiger partial charge on any atom is -0.478 e. The van der Waals surface area contributed by atoms with Crippen LogP contribution in [0.3, 0.4) is 0 Å². The van der Waals surface area contributed by atoms with Crippen LogP contribution >= 0.6 is 0 Å². The maximum atomic E-state index is 13.0. The molecule has 1 rings (SSSR count). The summed E-state index contributed by atoms with van der Waals surface area (Å²) in [4.78, 5) is 24.2. The molecule has 0 heterocycles. The first-order chi connectivity index (χ1) is 9.19. The fourth-order valence-corrected chi connectivity index (χ4v) is 1.38. The van der Waals surface area contributed by atoms with Crippen LogP contribution in [0.2, 0.25) is 0 Å². The van der Waals surface area contributed by atoms with Crippen molar-refractivity contribution in [3.05, 3.63) is 29.6 Å². The molecule has 110 valence electrons. The number of aliphatic hydroxyl groups is 1. The highest BCUT2D eigenvalue weighted by molar-refractivity contribution is 6.00. The summed E-state index contributed by atoms with van der Waals surface area (Å²) in [6, 6.07) is 2.46. The number of aliphatic hydroxyl groups excluding tert-OH is 1. The standard InChI is InChI=1S/C13H17FN2O4/c1-13(2,7-17)16(3)12(20)15-10-5-4-8(14)6-9(10)11(18)19/h4-6,17H,7H2,1-3H3,(H,15,20)(H,18,19). The molecule has 0 atom stereocenters. The molecular weight excluding hydrogens is 267 g/mol. The number of nitrogens with zero attached hydrogens (tertiary/aromatic N) is 1. The second-order valence-corrected chi connectivity index (χ2v) is 4.95. The summed E-state index contributed by atoms with van der Waals surface area (Å²) in [5.41, 5.74) is -1.16. The molecule has 0 saturated heterocycles. The van der Waals surface area contributed by atoms with Crippen molar-refractivity contribution < 1.29 is 24.2 Å². The molecule has 0 fully saturated rings. The van der Waals surface area contributed by atoms with Gasteiger partial charge >= 0.3 is 12.0 Å². The van der Waals surface area contributed by atoms with Gasteiger partial charge in [0.15, 0.2) is 0 Å². The van der Waals surface area contributed by atoms with Crippen LogP contribution in [0.4, 0.5) is 14.9 Å². The Morgan fingerprint density at radius 2 is 2.00 bits per heavy atom. The molecule has 0 radical (unpaired) electrons. The number of aromatic carboxylic acids is 1. The number of benzene rings is 1. The van der Waals surface area contributed by atoms with E-state index in [1.54, 1.807) is 13.8 Å². The summed E-state index contributed by atoms with van der Waals surface area (Å²) in [7, 11) is 1.47. The Kier molecular flexibility index (Phi) is 4.67. The lowest BCUT2D eigenvalue weighted by Crippen LogP contribution is -2.49. The van der Waals surface area contributed by atoms with Crippen molar-refractivity contribution in [2.24, 2.45) is 0 Å². The molecule has 6 nitrogen and oxygen atoms in total. The summed E-state index contributed by atoms with van der Waals surface area (Å²) in [5.74, 6) is -2.05. The van der Waals surface area contributed by atoms with E-state index in [0.717, 1.165) is 12.1 Å². The molecule has 20 heavy (non-hydrogen) atoms. The van der Waals surface area contributed by atoms with E-state index in [2.05, 4.69) is 5.32 Å². The molecule has 0 aromatic heterocycles. The zero-order chi connectivity index (χ0) is 15.5. The number of urea groups is 1. The van der Waals surface area contributed by atoms with Gasteiger partial charge in [-0.3, -0.25) is 0 Å². The van der Waals surface area contributed by atoms with Crippen molar-refractivity contribution in [3.8, 4) is 0 Å². The highest BCUT2D eigenvalue weighted by Gasteiger charge is 2.27. The molecule has 3 N–H and O–H groups in total. The second kappa shape index (κ2) is 5.87. The van der Waals surface area contributed by atoms with Gasteiger partial charge in [0.1, 0.15) is 5.82 Å². The van der Waals surface area contributed by atoms with Gasteiger partial charge in [0, 0.05) is 7.05 Å². The highest BCUT2D eigenvalue weighted by Crippen LogP contribution is 2.19. The number of likely N-dealkylation sites (N-methyl/N-ethyl adjacent to an activating group) is 1. The summed E-state index contributed by atoms with van der Waals surface area (Å²) < 4.78 is 13.0. The normalized spacial score (nSPS) is 11.1. The summed E-state index contributed by atoms with van der Waals surface area (Å²) in [5, 5.41) is 20.6. The molecule has 0 spiro atoms. The van der Waals surface area contributed by atoms with Gasteiger partial charge in [0.25, 0.3) is 0 Å². The van der Waals surface area contributed by atoms with E-state index in [9.17, 15) is 19.1 Å². The number of carbonyl (C=O) groups excluding carboxylic acids is 1. The Balaban J connectivity index is 3.00. The third kappa shape index (κ3) is 3.45. The number of hydrogen-bond donors (Lipinski definition) is 3. The number of nitrogens with one attached hydrogen (secondary N) is 1. The molecule has 1 aromatic carbocycles. The molecule has 0 bridgehead atoms. The number of carboxylic acid groups (broad SMARTS) is 1. The Labute approximate surface area is 115 Å². The Morgan fingerprint density at radius 3 is 2.50 bits per heavy atom. The quantitative estimate of drug-likeness (QED) is 0.786. The Bertz CT molecular complexity index is 531. The van der Waals surface area contributed by atoms with Gasteiger partial charge in [-0.25, -0.2) is 14.0 Å². The molecule has 0 saturated carbocycles. The van der Waals surface area contributed by atoms with Gasteiger partial charge in [-0.05, 0) is 32.0 Å². The fraction of sp³-hybridized carbons (Fsp3) is 0.385. The third-order valence-electron chi connectivity index (χ3n) is 3.05. The van der Waals surface area contributed by atoms with Crippen molar-refractivity contribution in [1.29, 1.82) is 0 Å². The number of carbonyl (C=O) groups is 2. The third-order valence-corrected chi connectivity index (χ3v) is 3.05. The Morgan fingerprint density at radius 1 is 1.40 bits per heavy atom. The van der Waals surface area contributed by atoms with E-state index in [0.29, 0.717) is 0 Å². The van der Waals surface area contributed by atoms with Gasteiger partial charge in [-0.2, -0.15) is 0 Å². The molecule has 0 aliphatic rings. The van der Waals surface area contributed by atoms with Crippen LogP contribution in [0.5, 0.6) is 0 Å². The molecule has 7 heteroatoms. The first kappa shape index (κ1) is 15.9. The minimum atomic E-state index is -1.34. The SMILES string of the molecule is CN(C(=O)Nc1ccc(F)cc1C(=O)O)C(C)(C)CO. The molecule has 0 unspecified atom stereocenters. The van der Waals surface area contributed by atoms with E-state index in [-0.39, 0.29) is 17.9 Å². The van der Waals surface area contributed by atoms with Gasteiger partial charge in [-0.15, -0.1) is 0 Å². The van der Waals surface area contributed by atoms with Gasteiger partial charge in [0.2, 0.25) is 0 Å². The van der Waals surface area contributed by atoms with Crippen LogP contribution in [-0.2, 0) is 0 Å². The lowest BCUT2D eigenvalue weighted by atomic mass is 10.1. The van der Waals surface area contributed by atoms with Crippen molar-refractivity contribution in [2.45, 2.75) is 19.4 Å². The molecule has 0 aliphatic heterocycles. The average Bonchev–Trinajstić information content (AvgIpc) is 2.39. The van der Waals surface area contributed by atoms with E-state index < -0.39 is 23.4 Å². The van der Waals surface area contributed by atoms with E-state index in [4.69, 9.17) is 5.11 Å². The van der Waals surface area contributed by atoms with Gasteiger partial charge in [0.05, 0.1) is 23.4 Å². The van der Waals surface area contributed by atoms with E-state index in [1.807, 2.05) is 0 Å². The predicted octanol–water partition coefficient (Wildman–Crippen LogP) is 1.76. The largest absolute Gasteiger partial charge is 0.478 e. The van der Waals surface area contributed by atoms with Crippen LogP contribution < -0.4 is 5.32 Å². The molecule has 0 aliphatic carbocycles. The Hall–Kier alpha value is -2.15. The number of hydrogen-bond acceptors (Lipinski definition) is 3. The highest BCUT2D eigenvalue weighted by atomic mass is 19.1. The van der Waals surface area contributed by atoms with Crippen LogP contribution in [0, 0.1) is 5.82 Å². The average molecular weight is 284 g/mol. The second-order valence-electron chi connectivity index (χ2n) is 4.95. The summed E-state index contributed by atoms with van der Waals surface area (Å²) in [6.07, 6.45) is 0. The van der Waals surface area contributed by atoms with Gasteiger partial charge < -0.3 is 20.4 Å². The molecule has 2 amide bonds. The number of rotatable bonds is 4. The summed E-state index contributed by atoms with van der Waals surface area (Å²) >= 11 is 0. The zero-order valence-electron chi connectivity index (χ0n) is 11.5. The minimum absolute atomic E-state index is 0.00973. The zero-order valence-corrected chi connectivity index (χ0v) is 11.5. The van der Waals surface area contributed by atoms with Crippen LogP contribution in [-0.4, -0.2) is 46.3 Å². The lowest BCUT2D eigenvalue weighted by Gasteiger charge is -2.33.